The van der Waals surface area contributed by atoms with E-state index in [1.54, 1.807) is 31.2 Å². The van der Waals surface area contributed by atoms with Crippen molar-refractivity contribution in [3.8, 4) is 5.75 Å². The van der Waals surface area contributed by atoms with Crippen LogP contribution in [0.25, 0.3) is 0 Å². The molecule has 1 aliphatic heterocycles. The highest BCUT2D eigenvalue weighted by atomic mass is 16.5. The SMILES string of the molecule is CCC(CN1CCCC1)NC(=O)C(C)Oc1cccc(C(C)=O)c1. The lowest BCUT2D eigenvalue weighted by Crippen LogP contribution is -2.47. The Bertz CT molecular complexity index is 567. The molecule has 2 unspecified atom stereocenters. The number of amides is 1. The van der Waals surface area contributed by atoms with Gasteiger partial charge in [-0.05, 0) is 58.3 Å². The largest absolute Gasteiger partial charge is 0.481 e. The molecule has 1 aromatic carbocycles. The standard InChI is InChI=1S/C19H28N2O3/c1-4-17(13-21-10-5-6-11-21)20-19(23)15(3)24-18-9-7-8-16(12-18)14(2)22/h7-9,12,15,17H,4-6,10-11,13H2,1-3H3,(H,20,23). The molecule has 1 amide bonds. The van der Waals surface area contributed by atoms with Gasteiger partial charge in [0.05, 0.1) is 0 Å². The number of nitrogens with one attached hydrogen (secondary N) is 1. The number of ketones is 1. The van der Waals surface area contributed by atoms with Gasteiger partial charge in [0.25, 0.3) is 5.91 Å². The summed E-state index contributed by atoms with van der Waals surface area (Å²) in [5.41, 5.74) is 0.584. The van der Waals surface area contributed by atoms with Crippen molar-refractivity contribution < 1.29 is 14.3 Å². The monoisotopic (exact) mass is 332 g/mol. The number of rotatable bonds is 8. The average molecular weight is 332 g/mol. The molecule has 5 nitrogen and oxygen atoms in total. The second-order valence-electron chi connectivity index (χ2n) is 6.47. The molecule has 132 valence electrons. The quantitative estimate of drug-likeness (QED) is 0.744. The predicted molar refractivity (Wildman–Crippen MR) is 94.4 cm³/mol. The summed E-state index contributed by atoms with van der Waals surface area (Å²) in [5.74, 6) is 0.404. The molecule has 0 bridgehead atoms. The Balaban J connectivity index is 1.88. The van der Waals surface area contributed by atoms with Gasteiger partial charge >= 0.3 is 0 Å². The highest BCUT2D eigenvalue weighted by Gasteiger charge is 2.21. The Morgan fingerprint density at radius 3 is 2.62 bits per heavy atom. The van der Waals surface area contributed by atoms with Gasteiger partial charge in [0.1, 0.15) is 5.75 Å². The van der Waals surface area contributed by atoms with Crippen LogP contribution in [0.2, 0.25) is 0 Å². The number of likely N-dealkylation sites (tertiary alicyclic amines) is 1. The summed E-state index contributed by atoms with van der Waals surface area (Å²) in [5, 5.41) is 3.08. The number of benzene rings is 1. The van der Waals surface area contributed by atoms with Crippen molar-refractivity contribution in [1.82, 2.24) is 10.2 Å². The van der Waals surface area contributed by atoms with Crippen LogP contribution in [0.1, 0.15) is 50.4 Å². The molecule has 1 aromatic rings. The van der Waals surface area contributed by atoms with Crippen LogP contribution in [0.5, 0.6) is 5.75 Å². The van der Waals surface area contributed by atoms with Gasteiger partial charge in [0.2, 0.25) is 0 Å². The lowest BCUT2D eigenvalue weighted by atomic mass is 10.1. The lowest BCUT2D eigenvalue weighted by molar-refractivity contribution is -0.128. The Hall–Kier alpha value is -1.88. The molecule has 0 aliphatic carbocycles. The van der Waals surface area contributed by atoms with Crippen molar-refractivity contribution >= 4 is 11.7 Å². The zero-order valence-electron chi connectivity index (χ0n) is 14.9. The molecule has 24 heavy (non-hydrogen) atoms. The van der Waals surface area contributed by atoms with E-state index in [2.05, 4.69) is 17.1 Å². The predicted octanol–water partition coefficient (Wildman–Crippen LogP) is 2.65. The van der Waals surface area contributed by atoms with Crippen LogP contribution in [-0.4, -0.2) is 48.4 Å². The number of ether oxygens (including phenoxy) is 1. The smallest absolute Gasteiger partial charge is 0.261 e. The summed E-state index contributed by atoms with van der Waals surface area (Å²) in [6.07, 6.45) is 2.79. The Labute approximate surface area is 144 Å². The maximum absolute atomic E-state index is 12.4. The summed E-state index contributed by atoms with van der Waals surface area (Å²) in [6, 6.07) is 7.08. The molecule has 0 aromatic heterocycles. The molecule has 2 atom stereocenters. The first-order valence-corrected chi connectivity index (χ1v) is 8.80. The number of carbonyl (C=O) groups excluding carboxylic acids is 2. The summed E-state index contributed by atoms with van der Waals surface area (Å²) >= 11 is 0. The van der Waals surface area contributed by atoms with Gasteiger partial charge in [-0.25, -0.2) is 0 Å². The molecular formula is C19H28N2O3. The van der Waals surface area contributed by atoms with Crippen LogP contribution in [0.4, 0.5) is 0 Å². The lowest BCUT2D eigenvalue weighted by Gasteiger charge is -2.25. The van der Waals surface area contributed by atoms with Crippen molar-refractivity contribution in [2.45, 2.75) is 52.2 Å². The fraction of sp³-hybridized carbons (Fsp3) is 0.579. The highest BCUT2D eigenvalue weighted by Crippen LogP contribution is 2.16. The first kappa shape index (κ1) is 18.5. The van der Waals surface area contributed by atoms with E-state index in [9.17, 15) is 9.59 Å². The van der Waals surface area contributed by atoms with Gasteiger partial charge < -0.3 is 15.0 Å². The van der Waals surface area contributed by atoms with Crippen molar-refractivity contribution in [1.29, 1.82) is 0 Å². The maximum atomic E-state index is 12.4. The average Bonchev–Trinajstić information content (AvgIpc) is 3.07. The van der Waals surface area contributed by atoms with E-state index in [0.717, 1.165) is 26.1 Å². The molecular weight excluding hydrogens is 304 g/mol. The van der Waals surface area contributed by atoms with Crippen molar-refractivity contribution in [3.05, 3.63) is 29.8 Å². The van der Waals surface area contributed by atoms with Gasteiger partial charge in [-0.15, -0.1) is 0 Å². The minimum Gasteiger partial charge on any atom is -0.481 e. The van der Waals surface area contributed by atoms with E-state index in [1.165, 1.54) is 19.8 Å². The van der Waals surface area contributed by atoms with Gasteiger partial charge in [-0.3, -0.25) is 9.59 Å². The van der Waals surface area contributed by atoms with Crippen molar-refractivity contribution in [2.75, 3.05) is 19.6 Å². The zero-order chi connectivity index (χ0) is 17.5. The van der Waals surface area contributed by atoms with Crippen molar-refractivity contribution in [3.63, 3.8) is 0 Å². The molecule has 1 fully saturated rings. The fourth-order valence-corrected chi connectivity index (χ4v) is 2.92. The number of Topliss-reactive ketones (excluding diaryl/α,β-unsaturated/α-hetero) is 1. The molecule has 1 aliphatic rings. The fourth-order valence-electron chi connectivity index (χ4n) is 2.92. The first-order chi connectivity index (χ1) is 11.5. The van der Waals surface area contributed by atoms with E-state index in [0.29, 0.717) is 11.3 Å². The third kappa shape index (κ3) is 5.34. The Morgan fingerprint density at radius 1 is 1.29 bits per heavy atom. The third-order valence-electron chi connectivity index (χ3n) is 4.44. The summed E-state index contributed by atoms with van der Waals surface area (Å²) in [6.45, 7) is 8.47. The molecule has 1 N–H and O–H groups in total. The van der Waals surface area contributed by atoms with E-state index < -0.39 is 6.10 Å². The number of carbonyl (C=O) groups is 2. The summed E-state index contributed by atoms with van der Waals surface area (Å²) in [7, 11) is 0. The molecule has 5 heteroatoms. The van der Waals surface area contributed by atoms with E-state index >= 15 is 0 Å². The van der Waals surface area contributed by atoms with Gasteiger partial charge in [0.15, 0.2) is 11.9 Å². The van der Waals surface area contributed by atoms with Crippen LogP contribution >= 0.6 is 0 Å². The Kier molecular flexibility index (Phi) is 6.79. The normalized spacial score (nSPS) is 17.3. The zero-order valence-corrected chi connectivity index (χ0v) is 14.9. The second-order valence-corrected chi connectivity index (χ2v) is 6.47. The topological polar surface area (TPSA) is 58.6 Å². The number of nitrogens with zero attached hydrogens (tertiary/aromatic N) is 1. The molecule has 1 heterocycles. The third-order valence-corrected chi connectivity index (χ3v) is 4.44. The first-order valence-electron chi connectivity index (χ1n) is 8.80. The molecule has 1 saturated heterocycles. The summed E-state index contributed by atoms with van der Waals surface area (Å²) < 4.78 is 5.70. The van der Waals surface area contributed by atoms with Gasteiger partial charge in [-0.2, -0.15) is 0 Å². The number of hydrogen-bond acceptors (Lipinski definition) is 4. The molecule has 2 rings (SSSR count). The van der Waals surface area contributed by atoms with Crippen LogP contribution in [0.15, 0.2) is 24.3 Å². The summed E-state index contributed by atoms with van der Waals surface area (Å²) in [4.78, 5) is 26.2. The van der Waals surface area contributed by atoms with E-state index in [4.69, 9.17) is 4.74 Å². The van der Waals surface area contributed by atoms with E-state index in [1.807, 2.05) is 0 Å². The maximum Gasteiger partial charge on any atom is 0.261 e. The molecule has 0 saturated carbocycles. The van der Waals surface area contributed by atoms with Gasteiger partial charge in [0, 0.05) is 18.2 Å². The highest BCUT2D eigenvalue weighted by molar-refractivity contribution is 5.94. The molecule has 0 spiro atoms. The Morgan fingerprint density at radius 2 is 2.00 bits per heavy atom. The van der Waals surface area contributed by atoms with Crippen molar-refractivity contribution in [2.24, 2.45) is 0 Å². The van der Waals surface area contributed by atoms with Gasteiger partial charge in [-0.1, -0.05) is 19.1 Å². The van der Waals surface area contributed by atoms with Crippen LogP contribution in [0, 0.1) is 0 Å². The van der Waals surface area contributed by atoms with E-state index in [-0.39, 0.29) is 17.7 Å². The molecule has 0 radical (unpaired) electrons. The number of hydrogen-bond donors (Lipinski definition) is 1. The minimum atomic E-state index is -0.597. The van der Waals surface area contributed by atoms with Crippen LogP contribution < -0.4 is 10.1 Å². The second kappa shape index (κ2) is 8.83. The minimum absolute atomic E-state index is 0.0192. The van der Waals surface area contributed by atoms with Crippen LogP contribution in [0.3, 0.4) is 0 Å². The van der Waals surface area contributed by atoms with Crippen LogP contribution in [-0.2, 0) is 4.79 Å².